The maximum Gasteiger partial charge on any atom is 0.193 e. The summed E-state index contributed by atoms with van der Waals surface area (Å²) >= 11 is 1.90. The number of aryl methyl sites for hydroxylation is 1. The molecule has 3 heterocycles. The highest BCUT2D eigenvalue weighted by molar-refractivity contribution is 7.10. The molecule has 0 aliphatic carbocycles. The normalized spacial score (nSPS) is 15.4. The van der Waals surface area contributed by atoms with Crippen LogP contribution in [0.5, 0.6) is 0 Å². The van der Waals surface area contributed by atoms with E-state index in [0.29, 0.717) is 0 Å². The molecule has 1 N–H and O–H groups in total. The fraction of sp³-hybridized carbons (Fsp3) is 0.500. The van der Waals surface area contributed by atoms with Gasteiger partial charge < -0.3 is 14.8 Å². The van der Waals surface area contributed by atoms with Crippen molar-refractivity contribution in [2.75, 3.05) is 33.7 Å². The maximum absolute atomic E-state index is 4.41. The molecular formula is C18H27N5S. The van der Waals surface area contributed by atoms with Crippen molar-refractivity contribution in [1.29, 1.82) is 0 Å². The van der Waals surface area contributed by atoms with E-state index in [4.69, 9.17) is 0 Å². The number of aliphatic imine (C=N–C) groups is 1. The Balaban J connectivity index is 1.45. The first-order valence-electron chi connectivity index (χ1n) is 8.47. The number of rotatable bonds is 5. The summed E-state index contributed by atoms with van der Waals surface area (Å²) in [6.07, 6.45) is 3.27. The van der Waals surface area contributed by atoms with Gasteiger partial charge in [-0.25, -0.2) is 0 Å². The molecule has 3 rings (SSSR count). The van der Waals surface area contributed by atoms with E-state index >= 15 is 0 Å². The standard InChI is InChI=1S/C18H27N5S/c1-19-18(22(3)14-16-5-4-9-21(16)2)20-8-11-23-10-6-17-15(13-23)7-12-24-17/h4-5,7,9,12H,6,8,10-11,13-14H2,1-3H3,(H,19,20). The van der Waals surface area contributed by atoms with Crippen molar-refractivity contribution in [3.63, 3.8) is 0 Å². The van der Waals surface area contributed by atoms with Crippen LogP contribution >= 0.6 is 11.3 Å². The van der Waals surface area contributed by atoms with E-state index in [2.05, 4.69) is 68.5 Å². The van der Waals surface area contributed by atoms with Gasteiger partial charge in [0.1, 0.15) is 0 Å². The third kappa shape index (κ3) is 3.99. The largest absolute Gasteiger partial charge is 0.355 e. The zero-order valence-corrected chi connectivity index (χ0v) is 15.6. The van der Waals surface area contributed by atoms with Crippen LogP contribution < -0.4 is 5.32 Å². The van der Waals surface area contributed by atoms with E-state index in [0.717, 1.165) is 38.7 Å². The number of guanidine groups is 1. The molecule has 0 amide bonds. The molecule has 6 heteroatoms. The molecule has 0 radical (unpaired) electrons. The number of hydrogen-bond acceptors (Lipinski definition) is 3. The molecule has 130 valence electrons. The molecule has 24 heavy (non-hydrogen) atoms. The number of hydrogen-bond donors (Lipinski definition) is 1. The van der Waals surface area contributed by atoms with Gasteiger partial charge in [0.15, 0.2) is 5.96 Å². The lowest BCUT2D eigenvalue weighted by atomic mass is 10.1. The van der Waals surface area contributed by atoms with Crippen LogP contribution in [0.4, 0.5) is 0 Å². The SMILES string of the molecule is CN=C(NCCN1CCc2sccc2C1)N(C)Cc1cccn1C. The molecular weight excluding hydrogens is 318 g/mol. The van der Waals surface area contributed by atoms with E-state index in [1.807, 2.05) is 18.4 Å². The Kier molecular flexibility index (Phi) is 5.58. The van der Waals surface area contributed by atoms with Crippen molar-refractivity contribution in [3.8, 4) is 0 Å². The Labute approximate surface area is 148 Å². The highest BCUT2D eigenvalue weighted by Gasteiger charge is 2.17. The van der Waals surface area contributed by atoms with Crippen molar-refractivity contribution in [3.05, 3.63) is 45.9 Å². The smallest absolute Gasteiger partial charge is 0.193 e. The average Bonchev–Trinajstić information content (AvgIpc) is 3.20. The predicted molar refractivity (Wildman–Crippen MR) is 102 cm³/mol. The van der Waals surface area contributed by atoms with Crippen molar-refractivity contribution in [2.24, 2.45) is 12.0 Å². The summed E-state index contributed by atoms with van der Waals surface area (Å²) in [6.45, 7) is 5.06. The molecule has 1 aliphatic heterocycles. The van der Waals surface area contributed by atoms with Crippen LogP contribution in [-0.4, -0.2) is 54.1 Å². The van der Waals surface area contributed by atoms with Gasteiger partial charge in [-0.1, -0.05) is 0 Å². The van der Waals surface area contributed by atoms with Gasteiger partial charge in [-0.3, -0.25) is 9.89 Å². The lowest BCUT2D eigenvalue weighted by Gasteiger charge is -2.28. The quantitative estimate of drug-likeness (QED) is 0.666. The minimum Gasteiger partial charge on any atom is -0.355 e. The molecule has 0 aromatic carbocycles. The molecule has 1 aliphatic rings. The lowest BCUT2D eigenvalue weighted by Crippen LogP contribution is -2.43. The van der Waals surface area contributed by atoms with Crippen molar-refractivity contribution >= 4 is 17.3 Å². The first-order valence-corrected chi connectivity index (χ1v) is 9.35. The summed E-state index contributed by atoms with van der Waals surface area (Å²) in [5, 5.41) is 5.71. The van der Waals surface area contributed by atoms with E-state index in [-0.39, 0.29) is 0 Å². The van der Waals surface area contributed by atoms with E-state index < -0.39 is 0 Å². The van der Waals surface area contributed by atoms with Gasteiger partial charge in [-0.2, -0.15) is 0 Å². The van der Waals surface area contributed by atoms with Gasteiger partial charge in [0.25, 0.3) is 0 Å². The first kappa shape index (κ1) is 17.0. The van der Waals surface area contributed by atoms with Crippen LogP contribution in [0.25, 0.3) is 0 Å². The number of aromatic nitrogens is 1. The second kappa shape index (κ2) is 7.85. The highest BCUT2D eigenvalue weighted by atomic mass is 32.1. The van der Waals surface area contributed by atoms with Crippen molar-refractivity contribution < 1.29 is 0 Å². The monoisotopic (exact) mass is 345 g/mol. The summed E-state index contributed by atoms with van der Waals surface area (Å²) in [6, 6.07) is 6.50. The van der Waals surface area contributed by atoms with E-state index in [9.17, 15) is 0 Å². The molecule has 0 saturated heterocycles. The topological polar surface area (TPSA) is 35.8 Å². The Morgan fingerprint density at radius 3 is 3.04 bits per heavy atom. The minimum atomic E-state index is 0.852. The summed E-state index contributed by atoms with van der Waals surface area (Å²) in [4.78, 5) is 10.7. The first-order chi connectivity index (χ1) is 11.7. The number of fused-ring (bicyclic) bond motifs is 1. The molecule has 5 nitrogen and oxygen atoms in total. The van der Waals surface area contributed by atoms with Crippen LogP contribution in [0.15, 0.2) is 34.8 Å². The fourth-order valence-electron chi connectivity index (χ4n) is 3.19. The van der Waals surface area contributed by atoms with Gasteiger partial charge >= 0.3 is 0 Å². The third-order valence-corrected chi connectivity index (χ3v) is 5.64. The van der Waals surface area contributed by atoms with Crippen LogP contribution in [0.2, 0.25) is 0 Å². The molecule has 0 unspecified atom stereocenters. The molecule has 0 fully saturated rings. The second-order valence-electron chi connectivity index (χ2n) is 6.34. The molecule has 0 spiro atoms. The Morgan fingerprint density at radius 1 is 1.42 bits per heavy atom. The van der Waals surface area contributed by atoms with Crippen molar-refractivity contribution in [1.82, 2.24) is 19.7 Å². The zero-order chi connectivity index (χ0) is 16.9. The fourth-order valence-corrected chi connectivity index (χ4v) is 4.08. The van der Waals surface area contributed by atoms with Gasteiger partial charge in [-0.15, -0.1) is 11.3 Å². The summed E-state index contributed by atoms with van der Waals surface area (Å²) in [5.41, 5.74) is 2.79. The molecule has 0 bridgehead atoms. The Morgan fingerprint density at radius 2 is 2.29 bits per heavy atom. The third-order valence-electron chi connectivity index (χ3n) is 4.62. The van der Waals surface area contributed by atoms with Gasteiger partial charge in [0.05, 0.1) is 6.54 Å². The summed E-state index contributed by atoms with van der Waals surface area (Å²) < 4.78 is 2.15. The van der Waals surface area contributed by atoms with Gasteiger partial charge in [-0.05, 0) is 35.6 Å². The second-order valence-corrected chi connectivity index (χ2v) is 7.34. The Bertz CT molecular complexity index is 687. The summed E-state index contributed by atoms with van der Waals surface area (Å²) in [5.74, 6) is 0.949. The van der Waals surface area contributed by atoms with Crippen molar-refractivity contribution in [2.45, 2.75) is 19.5 Å². The molecule has 2 aromatic rings. The average molecular weight is 346 g/mol. The van der Waals surface area contributed by atoms with Gasteiger partial charge in [0, 0.05) is 64.1 Å². The van der Waals surface area contributed by atoms with Crippen LogP contribution in [0.1, 0.15) is 16.1 Å². The highest BCUT2D eigenvalue weighted by Crippen LogP contribution is 2.23. The van der Waals surface area contributed by atoms with Crippen LogP contribution in [-0.2, 0) is 26.6 Å². The number of nitrogens with zero attached hydrogens (tertiary/aromatic N) is 4. The van der Waals surface area contributed by atoms with Crippen LogP contribution in [0.3, 0.4) is 0 Å². The molecule has 2 aromatic heterocycles. The minimum absolute atomic E-state index is 0.852. The van der Waals surface area contributed by atoms with Gasteiger partial charge in [0.2, 0.25) is 0 Å². The Hall–Kier alpha value is -1.79. The summed E-state index contributed by atoms with van der Waals surface area (Å²) in [7, 11) is 6.01. The van der Waals surface area contributed by atoms with Crippen LogP contribution in [0, 0.1) is 0 Å². The molecule has 0 saturated carbocycles. The van der Waals surface area contributed by atoms with E-state index in [1.165, 1.54) is 17.7 Å². The predicted octanol–water partition coefficient (Wildman–Crippen LogP) is 2.15. The number of nitrogens with one attached hydrogen (secondary N) is 1. The number of thiophene rings is 1. The maximum atomic E-state index is 4.41. The van der Waals surface area contributed by atoms with E-state index in [1.54, 1.807) is 4.88 Å². The molecule has 0 atom stereocenters. The zero-order valence-electron chi connectivity index (χ0n) is 14.8. The lowest BCUT2D eigenvalue weighted by molar-refractivity contribution is 0.259.